The number of benzene rings is 2. The molecule has 2 atom stereocenters. The Kier molecular flexibility index (Phi) is 12.2. The molecule has 16 heteroatoms. The zero-order valence-electron chi connectivity index (χ0n) is 24.1. The molecule has 240 valence electrons. The summed E-state index contributed by atoms with van der Waals surface area (Å²) >= 11 is 24.3. The lowest BCUT2D eigenvalue weighted by atomic mass is 9.97. The van der Waals surface area contributed by atoms with Gasteiger partial charge in [0.2, 0.25) is 9.70 Å². The molecule has 3 aromatic rings. The van der Waals surface area contributed by atoms with Gasteiger partial charge in [-0.3, -0.25) is 14.7 Å². The topological polar surface area (TPSA) is 131 Å². The number of para-hydroxylation sites is 1. The van der Waals surface area contributed by atoms with Gasteiger partial charge in [0.1, 0.15) is 17.4 Å². The number of ether oxygens (including phenoxy) is 2. The number of esters is 1. The van der Waals surface area contributed by atoms with Crippen LogP contribution in [0.2, 0.25) is 5.02 Å². The van der Waals surface area contributed by atoms with Crippen LogP contribution in [0.5, 0.6) is 11.5 Å². The second-order valence-electron chi connectivity index (χ2n) is 9.76. The fourth-order valence-electron chi connectivity index (χ4n) is 4.29. The summed E-state index contributed by atoms with van der Waals surface area (Å²) < 4.78 is 8.69. The van der Waals surface area contributed by atoms with E-state index in [1.165, 1.54) is 12.5 Å². The number of hydroxylamine groups is 1. The Hall–Kier alpha value is -3.29. The van der Waals surface area contributed by atoms with E-state index in [1.807, 2.05) is 13.0 Å². The van der Waals surface area contributed by atoms with E-state index >= 15 is 0 Å². The molecule has 2 heterocycles. The number of alkyl halides is 3. The third-order valence-electron chi connectivity index (χ3n) is 6.51. The Labute approximate surface area is 283 Å². The highest BCUT2D eigenvalue weighted by Crippen LogP contribution is 2.29. The zero-order chi connectivity index (χ0) is 32.6. The first-order valence-corrected chi connectivity index (χ1v) is 16.0. The quantitative estimate of drug-likeness (QED) is 0.145. The highest BCUT2D eigenvalue weighted by atomic mass is 35.6. The highest BCUT2D eigenvalue weighted by Gasteiger charge is 2.35. The van der Waals surface area contributed by atoms with E-state index in [1.54, 1.807) is 42.5 Å². The van der Waals surface area contributed by atoms with Crippen LogP contribution in [0.15, 0.2) is 58.9 Å². The lowest BCUT2D eigenvalue weighted by Gasteiger charge is -2.26. The van der Waals surface area contributed by atoms with Gasteiger partial charge in [-0.15, -0.1) is 11.3 Å². The summed E-state index contributed by atoms with van der Waals surface area (Å²) in [5.74, 6) is -0.621. The van der Waals surface area contributed by atoms with Crippen molar-refractivity contribution in [3.63, 3.8) is 0 Å². The first-order chi connectivity index (χ1) is 21.5. The second-order valence-corrected chi connectivity index (χ2v) is 13.6. The number of hydrogen-bond acceptors (Lipinski definition) is 10. The molecule has 3 amide bonds. The molecule has 2 N–H and O–H groups in total. The van der Waals surface area contributed by atoms with Crippen molar-refractivity contribution in [2.24, 2.45) is 10.9 Å². The molecule has 45 heavy (non-hydrogen) atoms. The van der Waals surface area contributed by atoms with Gasteiger partial charge >= 0.3 is 12.0 Å². The van der Waals surface area contributed by atoms with E-state index in [0.717, 1.165) is 16.2 Å². The van der Waals surface area contributed by atoms with Gasteiger partial charge in [0, 0.05) is 10.4 Å². The van der Waals surface area contributed by atoms with E-state index in [2.05, 4.69) is 20.8 Å². The molecule has 0 fully saturated rings. The first-order valence-electron chi connectivity index (χ1n) is 13.6. The van der Waals surface area contributed by atoms with Gasteiger partial charge in [0.05, 0.1) is 32.2 Å². The Bertz CT molecular complexity index is 1530. The predicted molar refractivity (Wildman–Crippen MR) is 174 cm³/mol. The number of methoxy groups -OCH3 is 1. The summed E-state index contributed by atoms with van der Waals surface area (Å²) in [5.41, 5.74) is 3.47. The Morgan fingerprint density at radius 2 is 1.93 bits per heavy atom. The maximum atomic E-state index is 13.9. The van der Waals surface area contributed by atoms with E-state index < -0.39 is 40.3 Å². The molecule has 0 bridgehead atoms. The minimum atomic E-state index is -1.77. The number of aromatic nitrogens is 1. The number of carbonyl (C=O) groups is 3. The van der Waals surface area contributed by atoms with Gasteiger partial charge in [0.25, 0.3) is 0 Å². The van der Waals surface area contributed by atoms with Crippen LogP contribution in [0.25, 0.3) is 0 Å². The van der Waals surface area contributed by atoms with E-state index in [-0.39, 0.29) is 31.0 Å². The van der Waals surface area contributed by atoms with Gasteiger partial charge in [-0.2, -0.15) is 0 Å². The SMILES string of the molecule is CC[C@@H](NC(=O)N1CC(NOc2ccccc2)=NC[C@@H](Cc2cc(Cl)ccc2OC)C1=O)c1nc(C(=O)OCC(Cl)(Cl)Cl)cs1. The maximum absolute atomic E-state index is 13.9. The van der Waals surface area contributed by atoms with Crippen molar-refractivity contribution in [3.05, 3.63) is 75.2 Å². The monoisotopic (exact) mass is 715 g/mol. The smallest absolute Gasteiger partial charge is 0.357 e. The lowest BCUT2D eigenvalue weighted by Crippen LogP contribution is -2.50. The average Bonchev–Trinajstić information content (AvgIpc) is 3.45. The van der Waals surface area contributed by atoms with Crippen LogP contribution in [-0.4, -0.2) is 64.2 Å². The molecule has 1 aliphatic rings. The zero-order valence-corrected chi connectivity index (χ0v) is 27.9. The molecule has 1 aromatic heterocycles. The summed E-state index contributed by atoms with van der Waals surface area (Å²) in [6.45, 7) is 1.25. The summed E-state index contributed by atoms with van der Waals surface area (Å²) in [5, 5.41) is 5.24. The van der Waals surface area contributed by atoms with Crippen LogP contribution in [-0.2, 0) is 16.0 Å². The number of halogens is 4. The van der Waals surface area contributed by atoms with Crippen molar-refractivity contribution >= 4 is 81.5 Å². The van der Waals surface area contributed by atoms with Gasteiger partial charge in [0.15, 0.2) is 17.3 Å². The fourth-order valence-corrected chi connectivity index (χ4v) is 5.57. The number of nitrogens with one attached hydrogen (secondary N) is 2. The van der Waals surface area contributed by atoms with Crippen molar-refractivity contribution < 1.29 is 28.7 Å². The van der Waals surface area contributed by atoms with Crippen LogP contribution in [0.4, 0.5) is 4.79 Å². The number of thiazole rings is 1. The molecule has 0 unspecified atom stereocenters. The van der Waals surface area contributed by atoms with E-state index in [4.69, 9.17) is 60.7 Å². The van der Waals surface area contributed by atoms with Crippen LogP contribution < -0.4 is 20.4 Å². The molecule has 11 nitrogen and oxygen atoms in total. The number of imide groups is 1. The Morgan fingerprint density at radius 1 is 1.18 bits per heavy atom. The number of urea groups is 1. The van der Waals surface area contributed by atoms with Crippen LogP contribution in [0.1, 0.15) is 40.4 Å². The molecule has 0 saturated carbocycles. The second kappa shape index (κ2) is 15.8. The average molecular weight is 717 g/mol. The predicted octanol–water partition coefficient (Wildman–Crippen LogP) is 6.18. The van der Waals surface area contributed by atoms with Gasteiger partial charge in [-0.1, -0.05) is 71.5 Å². The molecule has 4 rings (SSSR count). The minimum absolute atomic E-state index is 0.00462. The summed E-state index contributed by atoms with van der Waals surface area (Å²) in [7, 11) is 1.53. The molecule has 0 saturated heterocycles. The van der Waals surface area contributed by atoms with Crippen LogP contribution >= 0.6 is 57.7 Å². The number of aliphatic imine (C=N–C) groups is 1. The van der Waals surface area contributed by atoms with Crippen molar-refractivity contribution in [1.29, 1.82) is 0 Å². The Morgan fingerprint density at radius 3 is 2.62 bits per heavy atom. The minimum Gasteiger partial charge on any atom is -0.496 e. The highest BCUT2D eigenvalue weighted by molar-refractivity contribution is 7.09. The molecular formula is C29H29Cl4N5O6S. The fraction of sp³-hybridized carbons (Fsp3) is 0.345. The molecule has 1 aliphatic heterocycles. The first kappa shape index (κ1) is 34.6. The summed E-state index contributed by atoms with van der Waals surface area (Å²) in [4.78, 5) is 55.6. The lowest BCUT2D eigenvalue weighted by molar-refractivity contribution is -0.131. The third kappa shape index (κ3) is 9.85. The number of hydrogen-bond donors (Lipinski definition) is 2. The number of amides is 3. The van der Waals surface area contributed by atoms with Gasteiger partial charge in [-0.25, -0.2) is 20.1 Å². The van der Waals surface area contributed by atoms with Crippen molar-refractivity contribution in [3.8, 4) is 11.5 Å². The Balaban J connectivity index is 1.54. The van der Waals surface area contributed by atoms with Gasteiger partial charge in [-0.05, 0) is 48.7 Å². The van der Waals surface area contributed by atoms with Gasteiger partial charge < -0.3 is 19.6 Å². The summed E-state index contributed by atoms with van der Waals surface area (Å²) in [6, 6.07) is 12.8. The normalized spacial score (nSPS) is 15.9. The largest absolute Gasteiger partial charge is 0.496 e. The van der Waals surface area contributed by atoms with E-state index in [0.29, 0.717) is 33.5 Å². The molecule has 0 spiro atoms. The number of nitrogens with zero attached hydrogens (tertiary/aromatic N) is 3. The molecule has 2 aromatic carbocycles. The summed E-state index contributed by atoms with van der Waals surface area (Å²) in [6.07, 6.45) is 0.620. The van der Waals surface area contributed by atoms with Crippen LogP contribution in [0, 0.1) is 5.92 Å². The molecule has 0 aliphatic carbocycles. The standard InChI is InChI=1S/C29H29Cl4N5O6S/c1-3-21(25-35-22(15-45-25)27(40)43-16-29(31,32)33)36-28(41)38-14-24(37-44-20-7-5-4-6-8-20)34-13-18(26(38)39)11-17-12-19(30)9-10-23(17)42-2/h4-10,12,15,18,21H,3,11,13-14,16H2,1-2H3,(H,34,37)(H,36,41)/t18-,21-/m1/s1. The number of amidine groups is 1. The van der Waals surface area contributed by atoms with E-state index in [9.17, 15) is 14.4 Å². The van der Waals surface area contributed by atoms with Crippen molar-refractivity contribution in [1.82, 2.24) is 20.7 Å². The van der Waals surface area contributed by atoms with Crippen LogP contribution in [0.3, 0.4) is 0 Å². The maximum Gasteiger partial charge on any atom is 0.357 e. The third-order valence-corrected chi connectivity index (χ3v) is 8.03. The number of rotatable bonds is 10. The number of carbonyl (C=O) groups excluding carboxylic acids is 3. The van der Waals surface area contributed by atoms with Crippen molar-refractivity contribution in [2.45, 2.75) is 29.6 Å². The molecular weight excluding hydrogens is 688 g/mol. The molecule has 0 radical (unpaired) electrons. The van der Waals surface area contributed by atoms with Crippen molar-refractivity contribution in [2.75, 3.05) is 26.8 Å².